The number of carboxylic acid groups (broad SMARTS) is 1. The van der Waals surface area contributed by atoms with Gasteiger partial charge in [0.25, 0.3) is 17.3 Å². The molecule has 0 aromatic heterocycles. The van der Waals surface area contributed by atoms with Crippen LogP contribution in [0, 0.1) is 32.1 Å². The third kappa shape index (κ3) is 17.9. The zero-order chi connectivity index (χ0) is 49.7. The standard InChI is InChI=1S/C41H61N13O12/c1-6-23(4)34(51-32(55)21-47-36(57)26-12-7-8-13-27(26)42)39(60)52-33(22(2)3)38(59)49-29(15-11-19-46-41(43)44)37(58)48-24(5)35(56)50-30(40(61)62)14-9-10-18-45-28-17-16-25(53(63)64)20-31(28)54(65)66/h7-8,12-13,16-17,20,22-24,29-30,33-34,45H,6,9-11,14-15,18-19,21,42H2,1-5H3,(H,47,57)(H,48,58)(H,49,59)(H,50,56)(H,51,55)(H,52,60)(H,61,62)(H4,43,44,46). The van der Waals surface area contributed by atoms with Crippen molar-refractivity contribution in [1.29, 1.82) is 0 Å². The van der Waals surface area contributed by atoms with E-state index in [4.69, 9.17) is 17.2 Å². The van der Waals surface area contributed by atoms with Crippen LogP contribution in [0.4, 0.5) is 22.7 Å². The van der Waals surface area contributed by atoms with Crippen LogP contribution >= 0.6 is 0 Å². The molecule has 0 aliphatic carbocycles. The molecule has 0 saturated heterocycles. The van der Waals surface area contributed by atoms with Gasteiger partial charge in [0, 0.05) is 24.8 Å². The predicted octanol–water partition coefficient (Wildman–Crippen LogP) is 0.382. The molecule has 2 rings (SSSR count). The number of rotatable bonds is 28. The Bertz CT molecular complexity index is 2100. The topological polar surface area (TPSA) is 401 Å². The number of nitrogen functional groups attached to an aromatic ring is 1. The van der Waals surface area contributed by atoms with Crippen LogP contribution in [-0.2, 0) is 28.8 Å². The Labute approximate surface area is 380 Å². The molecule has 66 heavy (non-hydrogen) atoms. The molecule has 0 fully saturated rings. The average Bonchev–Trinajstić information content (AvgIpc) is 3.26. The van der Waals surface area contributed by atoms with Crippen LogP contribution in [0.5, 0.6) is 0 Å². The van der Waals surface area contributed by atoms with Crippen molar-refractivity contribution in [1.82, 2.24) is 31.9 Å². The minimum absolute atomic E-state index is 0.0282. The highest BCUT2D eigenvalue weighted by atomic mass is 16.6. The maximum atomic E-state index is 13.8. The molecule has 25 nitrogen and oxygen atoms in total. The third-order valence-electron chi connectivity index (χ3n) is 10.2. The van der Waals surface area contributed by atoms with E-state index < -0.39 is 111 Å². The fraction of sp³-hybridized carbons (Fsp3) is 0.512. The van der Waals surface area contributed by atoms with Gasteiger partial charge in [0.1, 0.15) is 35.9 Å². The van der Waals surface area contributed by atoms with Crippen molar-refractivity contribution in [2.24, 2.45) is 28.3 Å². The first-order valence-corrected chi connectivity index (χ1v) is 21.2. The van der Waals surface area contributed by atoms with Crippen LogP contribution in [0.25, 0.3) is 0 Å². The summed E-state index contributed by atoms with van der Waals surface area (Å²) in [7, 11) is 0. The zero-order valence-electron chi connectivity index (χ0n) is 37.5. The second kappa shape index (κ2) is 26.9. The number of non-ortho nitro benzene ring substituents is 1. The van der Waals surface area contributed by atoms with Gasteiger partial charge in [-0.3, -0.25) is 54.0 Å². The molecule has 0 aliphatic heterocycles. The average molecular weight is 928 g/mol. The van der Waals surface area contributed by atoms with Crippen molar-refractivity contribution in [2.75, 3.05) is 30.7 Å². The van der Waals surface area contributed by atoms with E-state index in [0.717, 1.165) is 12.1 Å². The van der Waals surface area contributed by atoms with Crippen molar-refractivity contribution in [2.45, 2.75) is 103 Å². The fourth-order valence-corrected chi connectivity index (χ4v) is 6.26. The van der Waals surface area contributed by atoms with Crippen LogP contribution < -0.4 is 54.4 Å². The lowest BCUT2D eigenvalue weighted by Crippen LogP contribution is -2.60. The van der Waals surface area contributed by atoms with Crippen molar-refractivity contribution in [3.63, 3.8) is 0 Å². The summed E-state index contributed by atoms with van der Waals surface area (Å²) in [6.45, 7) is 7.82. The molecular formula is C41H61N13O12. The minimum Gasteiger partial charge on any atom is -0.480 e. The van der Waals surface area contributed by atoms with Gasteiger partial charge < -0.3 is 59.5 Å². The summed E-state index contributed by atoms with van der Waals surface area (Å²) in [6, 6.07) is 3.01. The van der Waals surface area contributed by atoms with Crippen LogP contribution in [0.2, 0.25) is 0 Å². The number of guanidine groups is 1. The number of nitrogens with two attached hydrogens (primary N) is 3. The lowest BCUT2D eigenvalue weighted by molar-refractivity contribution is -0.393. The molecule has 0 spiro atoms. The van der Waals surface area contributed by atoms with Crippen LogP contribution in [0.1, 0.15) is 83.5 Å². The first-order valence-electron chi connectivity index (χ1n) is 21.2. The Morgan fingerprint density at radius 2 is 1.39 bits per heavy atom. The van der Waals surface area contributed by atoms with E-state index in [1.54, 1.807) is 39.8 Å². The highest BCUT2D eigenvalue weighted by Crippen LogP contribution is 2.29. The molecule has 362 valence electrons. The lowest BCUT2D eigenvalue weighted by atomic mass is 9.96. The summed E-state index contributed by atoms with van der Waals surface area (Å²) in [4.78, 5) is 117. The van der Waals surface area contributed by atoms with Gasteiger partial charge >= 0.3 is 5.97 Å². The monoisotopic (exact) mass is 927 g/mol. The summed E-state index contributed by atoms with van der Waals surface area (Å²) >= 11 is 0. The molecule has 0 bridgehead atoms. The van der Waals surface area contributed by atoms with Gasteiger partial charge in [-0.05, 0) is 69.1 Å². The quantitative estimate of drug-likeness (QED) is 0.0137. The number of nitro groups is 2. The number of carbonyl (C=O) groups is 7. The second-order valence-corrected chi connectivity index (χ2v) is 15.7. The van der Waals surface area contributed by atoms with Crippen LogP contribution in [-0.4, -0.2) is 112 Å². The van der Waals surface area contributed by atoms with Gasteiger partial charge in [-0.25, -0.2) is 4.79 Å². The minimum atomic E-state index is -1.40. The molecule has 0 aliphatic rings. The van der Waals surface area contributed by atoms with Crippen molar-refractivity contribution in [3.05, 3.63) is 68.3 Å². The molecule has 0 heterocycles. The Morgan fingerprint density at radius 3 is 1.98 bits per heavy atom. The number of nitro benzene ring substituents is 2. The number of para-hydroxylation sites is 1. The Morgan fingerprint density at radius 1 is 0.758 bits per heavy atom. The number of carbonyl (C=O) groups excluding carboxylic acids is 6. The highest BCUT2D eigenvalue weighted by Gasteiger charge is 2.34. The van der Waals surface area contributed by atoms with E-state index in [2.05, 4.69) is 42.2 Å². The molecule has 14 N–H and O–H groups in total. The molecule has 2 aromatic carbocycles. The molecule has 0 saturated carbocycles. The smallest absolute Gasteiger partial charge is 0.326 e. The molecule has 2 aromatic rings. The zero-order valence-corrected chi connectivity index (χ0v) is 37.5. The van der Waals surface area contributed by atoms with E-state index in [9.17, 15) is 58.9 Å². The highest BCUT2D eigenvalue weighted by molar-refractivity contribution is 6.01. The van der Waals surface area contributed by atoms with Gasteiger partial charge in [-0.1, -0.05) is 46.2 Å². The number of unbranched alkanes of at least 4 members (excludes halogenated alkanes) is 1. The molecular weight excluding hydrogens is 867 g/mol. The predicted molar refractivity (Wildman–Crippen MR) is 242 cm³/mol. The van der Waals surface area contributed by atoms with Gasteiger partial charge in [0.15, 0.2) is 5.96 Å². The molecule has 0 radical (unpaired) electrons. The summed E-state index contributed by atoms with van der Waals surface area (Å²) in [5.41, 5.74) is 16.1. The largest absolute Gasteiger partial charge is 0.480 e. The number of carboxylic acids is 1. The number of anilines is 2. The SMILES string of the molecule is CCC(C)C(NC(=O)CNC(=O)c1ccccc1N)C(=O)NC(C(=O)NC(CCCN=C(N)N)C(=O)NC(C)C(=O)NC(CCCCNc1ccc([N+](=O)[O-])cc1[N+](=O)[O-])C(=O)O)C(C)C. The number of hydrogen-bond donors (Lipinski definition) is 11. The molecule has 6 unspecified atom stereocenters. The number of aliphatic carboxylic acids is 1. The number of nitrogens with one attached hydrogen (secondary N) is 7. The lowest BCUT2D eigenvalue weighted by Gasteiger charge is -2.29. The summed E-state index contributed by atoms with van der Waals surface area (Å²) in [5, 5.41) is 50.3. The van der Waals surface area contributed by atoms with Gasteiger partial charge in [0.2, 0.25) is 29.5 Å². The maximum absolute atomic E-state index is 13.8. The first kappa shape index (κ1) is 54.5. The van der Waals surface area contributed by atoms with Crippen molar-refractivity contribution in [3.8, 4) is 0 Å². The Kier molecular flexibility index (Phi) is 22.2. The van der Waals surface area contributed by atoms with Crippen LogP contribution in [0.3, 0.4) is 0 Å². The number of amides is 6. The Hall–Kier alpha value is -7.60. The first-order chi connectivity index (χ1) is 31.1. The summed E-state index contributed by atoms with van der Waals surface area (Å²) < 4.78 is 0. The second-order valence-electron chi connectivity index (χ2n) is 15.7. The molecule has 6 amide bonds. The number of aliphatic imine (C=N–C) groups is 1. The fourth-order valence-electron chi connectivity index (χ4n) is 6.26. The maximum Gasteiger partial charge on any atom is 0.326 e. The van der Waals surface area contributed by atoms with E-state index in [1.807, 2.05) is 0 Å². The van der Waals surface area contributed by atoms with Crippen molar-refractivity contribution >= 4 is 70.1 Å². The van der Waals surface area contributed by atoms with Crippen LogP contribution in [0.15, 0.2) is 47.5 Å². The summed E-state index contributed by atoms with van der Waals surface area (Å²) in [6.07, 6.45) is 1.02. The number of benzene rings is 2. The van der Waals surface area contributed by atoms with Gasteiger partial charge in [0.05, 0.1) is 28.0 Å². The van der Waals surface area contributed by atoms with Crippen molar-refractivity contribution < 1.29 is 48.5 Å². The van der Waals surface area contributed by atoms with E-state index in [-0.39, 0.29) is 68.1 Å². The number of nitrogens with zero attached hydrogens (tertiary/aromatic N) is 3. The Balaban J connectivity index is 2.10. The van der Waals surface area contributed by atoms with Gasteiger partial charge in [-0.15, -0.1) is 0 Å². The third-order valence-corrected chi connectivity index (χ3v) is 10.2. The normalized spacial score (nSPS) is 13.5. The molecule has 6 atom stereocenters. The van der Waals surface area contributed by atoms with E-state index in [0.29, 0.717) is 6.42 Å². The van der Waals surface area contributed by atoms with E-state index in [1.165, 1.54) is 25.1 Å². The van der Waals surface area contributed by atoms with Gasteiger partial charge in [-0.2, -0.15) is 0 Å². The summed E-state index contributed by atoms with van der Waals surface area (Å²) in [5.74, 6) is -7.01. The van der Waals surface area contributed by atoms with E-state index >= 15 is 0 Å². The molecule has 25 heteroatoms. The number of hydrogen-bond acceptors (Lipinski definition) is 14.